The molecule has 0 spiro atoms. The largest absolute Gasteiger partial charge is 0.475 e. The highest BCUT2D eigenvalue weighted by Gasteiger charge is 2.38. The van der Waals surface area contributed by atoms with Crippen molar-refractivity contribution in [2.75, 3.05) is 18.4 Å². The molecular formula is C19H18ClF3N4OS2. The maximum Gasteiger partial charge on any atom is 0.475 e. The van der Waals surface area contributed by atoms with Crippen LogP contribution in [0.15, 0.2) is 41.6 Å². The van der Waals surface area contributed by atoms with Crippen molar-refractivity contribution in [2.45, 2.75) is 35.8 Å². The van der Waals surface area contributed by atoms with Crippen LogP contribution in [0, 0.1) is 0 Å². The van der Waals surface area contributed by atoms with Crippen LogP contribution in [0.1, 0.15) is 18.4 Å². The van der Waals surface area contributed by atoms with Crippen molar-refractivity contribution in [1.82, 2.24) is 14.9 Å². The fraction of sp³-hybridized carbons (Fsp3) is 0.368. The van der Waals surface area contributed by atoms with Crippen LogP contribution < -0.4 is 5.32 Å². The number of anilines is 1. The van der Waals surface area contributed by atoms with Crippen LogP contribution in [0.3, 0.4) is 0 Å². The van der Waals surface area contributed by atoms with E-state index in [0.717, 1.165) is 47.5 Å². The number of benzene rings is 1. The minimum Gasteiger partial charge on any atom is -0.367 e. The number of likely N-dealkylation sites (tertiary alicyclic amines) is 1. The molecule has 0 amide bonds. The van der Waals surface area contributed by atoms with Crippen molar-refractivity contribution in [2.24, 2.45) is 0 Å². The van der Waals surface area contributed by atoms with Crippen LogP contribution >= 0.6 is 22.9 Å². The second-order valence-corrected chi connectivity index (χ2v) is 10.2. The number of halogens is 4. The smallest absolute Gasteiger partial charge is 0.367 e. The number of nitrogens with zero attached hydrogens (tertiary/aromatic N) is 3. The molecule has 4 rings (SSSR count). The lowest BCUT2D eigenvalue weighted by Gasteiger charge is -2.32. The molecule has 1 saturated heterocycles. The molecular weight excluding hydrogens is 457 g/mol. The van der Waals surface area contributed by atoms with Gasteiger partial charge in [0.2, 0.25) is 0 Å². The zero-order chi connectivity index (χ0) is 21.3. The zero-order valence-electron chi connectivity index (χ0n) is 15.7. The first-order valence-corrected chi connectivity index (χ1v) is 11.6. The predicted molar refractivity (Wildman–Crippen MR) is 113 cm³/mol. The first-order valence-electron chi connectivity index (χ1n) is 9.26. The van der Waals surface area contributed by atoms with Gasteiger partial charge in [0, 0.05) is 30.6 Å². The summed E-state index contributed by atoms with van der Waals surface area (Å²) in [4.78, 5) is 11.4. The van der Waals surface area contributed by atoms with Gasteiger partial charge in [-0.2, -0.15) is 13.2 Å². The quantitative estimate of drug-likeness (QED) is 0.561. The van der Waals surface area contributed by atoms with Crippen LogP contribution in [0.2, 0.25) is 4.34 Å². The van der Waals surface area contributed by atoms with E-state index in [4.69, 9.17) is 11.6 Å². The van der Waals surface area contributed by atoms with Crippen molar-refractivity contribution in [3.05, 3.63) is 46.6 Å². The summed E-state index contributed by atoms with van der Waals surface area (Å²) < 4.78 is 50.4. The molecule has 0 aliphatic carbocycles. The van der Waals surface area contributed by atoms with Gasteiger partial charge >= 0.3 is 5.51 Å². The summed E-state index contributed by atoms with van der Waals surface area (Å²) in [7, 11) is -3.00. The average Bonchev–Trinajstić information content (AvgIpc) is 3.10. The third kappa shape index (κ3) is 4.93. The summed E-state index contributed by atoms with van der Waals surface area (Å²) in [5, 5.41) is 4.37. The van der Waals surface area contributed by atoms with Crippen molar-refractivity contribution in [3.63, 3.8) is 0 Å². The number of rotatable bonds is 5. The van der Waals surface area contributed by atoms with Crippen LogP contribution in [0.25, 0.3) is 10.2 Å². The molecule has 1 atom stereocenters. The Bertz CT molecular complexity index is 1070. The van der Waals surface area contributed by atoms with Crippen molar-refractivity contribution < 1.29 is 17.4 Å². The number of hydrogen-bond donors (Lipinski definition) is 1. The number of aromatic nitrogens is 2. The molecule has 5 nitrogen and oxygen atoms in total. The van der Waals surface area contributed by atoms with E-state index < -0.39 is 16.3 Å². The summed E-state index contributed by atoms with van der Waals surface area (Å²) in [5.41, 5.74) is -4.02. The minimum absolute atomic E-state index is 0.209. The molecule has 11 heteroatoms. The molecule has 2 aromatic heterocycles. The molecule has 3 heterocycles. The third-order valence-electron chi connectivity index (χ3n) is 4.96. The topological polar surface area (TPSA) is 58.1 Å². The van der Waals surface area contributed by atoms with Gasteiger partial charge in [0.15, 0.2) is 10.8 Å². The Labute approximate surface area is 182 Å². The minimum atomic E-state index is -4.75. The number of nitrogens with one attached hydrogen (secondary N) is 1. The Morgan fingerprint density at radius 3 is 2.73 bits per heavy atom. The molecule has 0 radical (unpaired) electrons. The van der Waals surface area contributed by atoms with Crippen molar-refractivity contribution in [3.8, 4) is 0 Å². The number of thiophene rings is 1. The van der Waals surface area contributed by atoms with E-state index in [0.29, 0.717) is 10.9 Å². The number of hydrogen-bond acceptors (Lipinski definition) is 6. The molecule has 3 aromatic rings. The van der Waals surface area contributed by atoms with Crippen LogP contribution in [-0.2, 0) is 17.3 Å². The molecule has 1 aliphatic rings. The van der Waals surface area contributed by atoms with E-state index in [1.165, 1.54) is 35.9 Å². The molecule has 160 valence electrons. The Hall–Kier alpha value is -1.75. The summed E-state index contributed by atoms with van der Waals surface area (Å²) in [6.07, 6.45) is 3.26. The molecule has 1 aromatic carbocycles. The van der Waals surface area contributed by atoms with Gasteiger partial charge < -0.3 is 5.32 Å². The Morgan fingerprint density at radius 1 is 1.23 bits per heavy atom. The first kappa shape index (κ1) is 21.5. The average molecular weight is 475 g/mol. The molecule has 1 unspecified atom stereocenters. The van der Waals surface area contributed by atoms with Crippen LogP contribution in [-0.4, -0.2) is 43.7 Å². The fourth-order valence-electron chi connectivity index (χ4n) is 3.52. The third-order valence-corrected chi connectivity index (χ3v) is 7.23. The summed E-state index contributed by atoms with van der Waals surface area (Å²) in [6, 6.07) is 8.02. The van der Waals surface area contributed by atoms with Gasteiger partial charge in [-0.1, -0.05) is 23.7 Å². The van der Waals surface area contributed by atoms with Crippen LogP contribution in [0.4, 0.5) is 19.0 Å². The lowest BCUT2D eigenvalue weighted by Crippen LogP contribution is -2.38. The van der Waals surface area contributed by atoms with Gasteiger partial charge in [-0.25, -0.2) is 14.2 Å². The number of piperidine rings is 1. The van der Waals surface area contributed by atoms with Gasteiger partial charge in [0.05, 0.1) is 9.72 Å². The highest BCUT2D eigenvalue weighted by Crippen LogP contribution is 2.32. The number of alkyl halides is 3. The fourth-order valence-corrected chi connectivity index (χ4v) is 5.30. The standard InChI is InChI=1S/C19H18ClF3N4OS2/c20-16-9-15-17(24-11-25-18(15)29-16)26-13-4-6-27(7-5-13)10-12-2-1-3-14(8-12)30(28)19(21,22)23/h1-3,8-9,11,13H,4-7,10H2,(H,24,25,26). The molecule has 1 fully saturated rings. The van der Waals surface area contributed by atoms with E-state index >= 15 is 0 Å². The second kappa shape index (κ2) is 8.78. The molecule has 1 aliphatic heterocycles. The maximum absolute atomic E-state index is 12.7. The monoisotopic (exact) mass is 474 g/mol. The molecule has 1 N–H and O–H groups in total. The van der Waals surface area contributed by atoms with Gasteiger partial charge in [0.25, 0.3) is 0 Å². The SMILES string of the molecule is O=S(c1cccc(CN2CCC(Nc3ncnc4sc(Cl)cc34)CC2)c1)C(F)(F)F. The Morgan fingerprint density at radius 2 is 2.00 bits per heavy atom. The Kier molecular flexibility index (Phi) is 6.29. The summed E-state index contributed by atoms with van der Waals surface area (Å²) in [6.45, 7) is 2.11. The van der Waals surface area contributed by atoms with Gasteiger partial charge in [-0.05, 0) is 36.6 Å². The second-order valence-electron chi connectivity index (χ2n) is 7.05. The van der Waals surface area contributed by atoms with Crippen LogP contribution in [0.5, 0.6) is 0 Å². The molecule has 0 saturated carbocycles. The van der Waals surface area contributed by atoms with Gasteiger partial charge in [-0.3, -0.25) is 4.90 Å². The lowest BCUT2D eigenvalue weighted by molar-refractivity contribution is -0.0384. The van der Waals surface area contributed by atoms with Gasteiger partial charge in [-0.15, -0.1) is 11.3 Å². The normalized spacial score (nSPS) is 17.3. The van der Waals surface area contributed by atoms with E-state index in [1.807, 2.05) is 6.07 Å². The zero-order valence-corrected chi connectivity index (χ0v) is 18.0. The van der Waals surface area contributed by atoms with Crippen molar-refractivity contribution in [1.29, 1.82) is 0 Å². The van der Waals surface area contributed by atoms with E-state index in [9.17, 15) is 17.4 Å². The molecule has 30 heavy (non-hydrogen) atoms. The first-order chi connectivity index (χ1) is 14.3. The van der Waals surface area contributed by atoms with E-state index in [-0.39, 0.29) is 10.9 Å². The number of fused-ring (bicyclic) bond motifs is 1. The summed E-state index contributed by atoms with van der Waals surface area (Å²) >= 11 is 7.49. The highest BCUT2D eigenvalue weighted by molar-refractivity contribution is 7.86. The lowest BCUT2D eigenvalue weighted by atomic mass is 10.0. The maximum atomic E-state index is 12.7. The Balaban J connectivity index is 1.35. The molecule has 0 bridgehead atoms. The van der Waals surface area contributed by atoms with Gasteiger partial charge in [0.1, 0.15) is 17.0 Å². The van der Waals surface area contributed by atoms with E-state index in [1.54, 1.807) is 6.07 Å². The highest BCUT2D eigenvalue weighted by atomic mass is 35.5. The predicted octanol–water partition coefficient (Wildman–Crippen LogP) is 5.05. The summed E-state index contributed by atoms with van der Waals surface area (Å²) in [5.74, 6) is 0.768. The van der Waals surface area contributed by atoms with E-state index in [2.05, 4.69) is 20.2 Å². The van der Waals surface area contributed by atoms with Crippen molar-refractivity contribution >= 4 is 49.8 Å².